The largest absolute Gasteiger partial charge is 0.497 e. The predicted molar refractivity (Wildman–Crippen MR) is 157 cm³/mol. The number of ether oxygens (including phenoxy) is 3. The van der Waals surface area contributed by atoms with Crippen molar-refractivity contribution in [2.45, 2.75) is 56.9 Å². The number of nitrogens with one attached hydrogen (secondary N) is 2. The number of morpholine rings is 1. The molecule has 4 rings (SSSR count). The molecule has 42 heavy (non-hydrogen) atoms. The van der Waals surface area contributed by atoms with Crippen LogP contribution < -0.4 is 15.4 Å². The monoisotopic (exact) mass is 581 g/mol. The molecular weight excluding hydrogens is 538 g/mol. The Morgan fingerprint density at radius 3 is 2.17 bits per heavy atom. The van der Waals surface area contributed by atoms with Crippen LogP contribution in [-0.4, -0.2) is 98.0 Å². The van der Waals surface area contributed by atoms with Gasteiger partial charge in [-0.3, -0.25) is 19.3 Å². The van der Waals surface area contributed by atoms with E-state index in [4.69, 9.17) is 14.2 Å². The first kappa shape index (κ1) is 31.6. The number of aliphatic hydroxyl groups excluding tert-OH is 1. The smallest absolute Gasteiger partial charge is 0.243 e. The van der Waals surface area contributed by atoms with Crippen LogP contribution in [0.2, 0.25) is 0 Å². The fourth-order valence-corrected chi connectivity index (χ4v) is 5.14. The Balaban J connectivity index is 1.46. The molecular formula is C32H43N3O7. The van der Waals surface area contributed by atoms with Crippen LogP contribution in [0.5, 0.6) is 5.75 Å². The molecule has 2 amide bonds. The van der Waals surface area contributed by atoms with E-state index in [1.807, 2.05) is 42.5 Å². The maximum absolute atomic E-state index is 13.8. The fraction of sp³-hybridized carbons (Fsp3) is 0.531. The van der Waals surface area contributed by atoms with Crippen molar-refractivity contribution in [1.82, 2.24) is 15.5 Å². The maximum Gasteiger partial charge on any atom is 0.243 e. The molecule has 0 aliphatic carbocycles. The molecule has 2 heterocycles. The Bertz CT molecular complexity index is 1180. The third-order valence-corrected chi connectivity index (χ3v) is 7.89. The summed E-state index contributed by atoms with van der Waals surface area (Å²) in [6.45, 7) is 6.98. The molecule has 0 spiro atoms. The van der Waals surface area contributed by atoms with Gasteiger partial charge in [0.2, 0.25) is 11.8 Å². The van der Waals surface area contributed by atoms with Gasteiger partial charge in [-0.1, -0.05) is 49.4 Å². The van der Waals surface area contributed by atoms with E-state index in [-0.39, 0.29) is 24.5 Å². The number of epoxide rings is 1. The summed E-state index contributed by atoms with van der Waals surface area (Å²) in [5, 5.41) is 16.5. The lowest BCUT2D eigenvalue weighted by Gasteiger charge is -2.29. The first-order valence-corrected chi connectivity index (χ1v) is 14.6. The molecule has 0 saturated carbocycles. The molecule has 10 nitrogen and oxygen atoms in total. The van der Waals surface area contributed by atoms with Gasteiger partial charge in [0.15, 0.2) is 5.78 Å². The average molecular weight is 582 g/mol. The Kier molecular flexibility index (Phi) is 11.1. The van der Waals surface area contributed by atoms with Crippen LogP contribution in [-0.2, 0) is 36.7 Å². The van der Waals surface area contributed by atoms with Gasteiger partial charge < -0.3 is 30.0 Å². The zero-order valence-electron chi connectivity index (χ0n) is 24.7. The van der Waals surface area contributed by atoms with Crippen LogP contribution in [0.3, 0.4) is 0 Å². The SMILES string of the molecule is COc1ccc(C[C@H](NC(=O)[C@H](C)CC(O)CN2CCOCC2)C(=O)N[C@@H](Cc2ccccc2)C(=O)[C@@]2(C)CO2)cc1. The highest BCUT2D eigenvalue weighted by Crippen LogP contribution is 2.29. The van der Waals surface area contributed by atoms with Crippen molar-refractivity contribution < 1.29 is 33.7 Å². The number of rotatable bonds is 15. The van der Waals surface area contributed by atoms with E-state index in [0.717, 1.165) is 24.2 Å². The molecule has 5 atom stereocenters. The van der Waals surface area contributed by atoms with Crippen LogP contribution in [0, 0.1) is 5.92 Å². The van der Waals surface area contributed by atoms with Gasteiger partial charge in [0.05, 0.1) is 39.1 Å². The first-order chi connectivity index (χ1) is 20.2. The second kappa shape index (κ2) is 14.7. The number of methoxy groups -OCH3 is 1. The minimum absolute atomic E-state index is 0.200. The molecule has 2 aliphatic rings. The summed E-state index contributed by atoms with van der Waals surface area (Å²) in [4.78, 5) is 42.5. The van der Waals surface area contributed by atoms with Crippen molar-refractivity contribution in [3.8, 4) is 5.75 Å². The highest BCUT2D eigenvalue weighted by molar-refractivity contribution is 5.98. The van der Waals surface area contributed by atoms with E-state index < -0.39 is 35.6 Å². The summed E-state index contributed by atoms with van der Waals surface area (Å²) in [6.07, 6.45) is 0.0811. The molecule has 2 fully saturated rings. The second-order valence-corrected chi connectivity index (χ2v) is 11.5. The molecule has 1 unspecified atom stereocenters. The number of hydrogen-bond donors (Lipinski definition) is 3. The lowest BCUT2D eigenvalue weighted by molar-refractivity contribution is -0.134. The van der Waals surface area contributed by atoms with Crippen molar-refractivity contribution in [3.63, 3.8) is 0 Å². The number of carbonyl (C=O) groups excluding carboxylic acids is 3. The number of benzene rings is 2. The number of nitrogens with zero attached hydrogens (tertiary/aromatic N) is 1. The van der Waals surface area contributed by atoms with Gasteiger partial charge in [0.25, 0.3) is 0 Å². The summed E-state index contributed by atoms with van der Waals surface area (Å²) in [7, 11) is 1.58. The topological polar surface area (TPSA) is 130 Å². The van der Waals surface area contributed by atoms with Gasteiger partial charge >= 0.3 is 0 Å². The fourth-order valence-electron chi connectivity index (χ4n) is 5.14. The zero-order valence-corrected chi connectivity index (χ0v) is 24.7. The summed E-state index contributed by atoms with van der Waals surface area (Å²) >= 11 is 0. The number of amides is 2. The van der Waals surface area contributed by atoms with Gasteiger partial charge in [-0.25, -0.2) is 0 Å². The van der Waals surface area contributed by atoms with Crippen molar-refractivity contribution in [3.05, 3.63) is 65.7 Å². The summed E-state index contributed by atoms with van der Waals surface area (Å²) in [5.74, 6) is -0.855. The molecule has 2 saturated heterocycles. The Morgan fingerprint density at radius 1 is 0.952 bits per heavy atom. The zero-order chi connectivity index (χ0) is 30.1. The van der Waals surface area contributed by atoms with E-state index in [0.29, 0.717) is 38.5 Å². The number of β-amino-alcohol motifs (C(OH)–C–C–N with tert-alkyl or cyclic N) is 1. The first-order valence-electron chi connectivity index (χ1n) is 14.6. The third-order valence-electron chi connectivity index (χ3n) is 7.89. The number of ketones is 1. The lowest BCUT2D eigenvalue weighted by atomic mass is 9.94. The molecule has 10 heteroatoms. The van der Waals surface area contributed by atoms with Gasteiger partial charge in [0.1, 0.15) is 17.4 Å². The van der Waals surface area contributed by atoms with Crippen molar-refractivity contribution >= 4 is 17.6 Å². The van der Waals surface area contributed by atoms with Gasteiger partial charge in [-0.2, -0.15) is 0 Å². The standard InChI is InChI=1S/C32H43N3O7/c1-22(17-25(36)20-35-13-15-41-16-14-35)30(38)34-28(19-24-9-11-26(40-3)12-10-24)31(39)33-27(29(37)32(2)21-42-32)18-23-7-5-4-6-8-23/h4-12,22,25,27-28,36H,13-21H2,1-3H3,(H,33,39)(H,34,38)/t22-,25?,27+,28+,32-/m1/s1. The molecule has 228 valence electrons. The lowest BCUT2D eigenvalue weighted by Crippen LogP contribution is -2.55. The van der Waals surface area contributed by atoms with Crippen molar-refractivity contribution in [1.29, 1.82) is 0 Å². The molecule has 3 N–H and O–H groups in total. The number of hydrogen-bond acceptors (Lipinski definition) is 8. The number of aliphatic hydroxyl groups is 1. The molecule has 0 bridgehead atoms. The van der Waals surface area contributed by atoms with Gasteiger partial charge in [-0.05, 0) is 43.0 Å². The Hall–Kier alpha value is -3.31. The van der Waals surface area contributed by atoms with E-state index in [9.17, 15) is 19.5 Å². The third kappa shape index (κ3) is 9.09. The molecule has 0 radical (unpaired) electrons. The molecule has 2 aromatic rings. The van der Waals surface area contributed by atoms with E-state index in [1.165, 1.54) is 0 Å². The maximum atomic E-state index is 13.8. The molecule has 2 aliphatic heterocycles. The Morgan fingerprint density at radius 2 is 1.55 bits per heavy atom. The van der Waals surface area contributed by atoms with Crippen LogP contribution in [0.4, 0.5) is 0 Å². The van der Waals surface area contributed by atoms with E-state index in [2.05, 4.69) is 15.5 Å². The number of Topliss-reactive ketones (excluding diaryl/α,β-unsaturated/α-hetero) is 1. The van der Waals surface area contributed by atoms with Crippen molar-refractivity contribution in [2.75, 3.05) is 46.6 Å². The van der Waals surface area contributed by atoms with Crippen LogP contribution >= 0.6 is 0 Å². The summed E-state index contributed by atoms with van der Waals surface area (Å²) in [5.41, 5.74) is 0.797. The van der Waals surface area contributed by atoms with Gasteiger partial charge in [-0.15, -0.1) is 0 Å². The normalized spacial score (nSPS) is 21.4. The van der Waals surface area contributed by atoms with Crippen LogP contribution in [0.1, 0.15) is 31.4 Å². The van der Waals surface area contributed by atoms with Crippen LogP contribution in [0.25, 0.3) is 0 Å². The summed E-state index contributed by atoms with van der Waals surface area (Å²) < 4.78 is 16.0. The molecule has 2 aromatic carbocycles. The second-order valence-electron chi connectivity index (χ2n) is 11.5. The number of carbonyl (C=O) groups is 3. The van der Waals surface area contributed by atoms with Gasteiger partial charge in [0, 0.05) is 32.0 Å². The van der Waals surface area contributed by atoms with E-state index >= 15 is 0 Å². The minimum Gasteiger partial charge on any atom is -0.497 e. The molecule has 0 aromatic heterocycles. The Labute approximate surface area is 247 Å². The average Bonchev–Trinajstić information content (AvgIpc) is 3.75. The quantitative estimate of drug-likeness (QED) is 0.270. The highest BCUT2D eigenvalue weighted by Gasteiger charge is 2.50. The predicted octanol–water partition coefficient (Wildman–Crippen LogP) is 1.53. The summed E-state index contributed by atoms with van der Waals surface area (Å²) in [6, 6.07) is 15.0. The van der Waals surface area contributed by atoms with Crippen molar-refractivity contribution in [2.24, 2.45) is 5.92 Å². The van der Waals surface area contributed by atoms with Crippen LogP contribution in [0.15, 0.2) is 54.6 Å². The van der Waals surface area contributed by atoms with E-state index in [1.54, 1.807) is 33.1 Å². The highest BCUT2D eigenvalue weighted by atomic mass is 16.6. The minimum atomic E-state index is -0.941.